The van der Waals surface area contributed by atoms with Crippen molar-refractivity contribution in [3.63, 3.8) is 0 Å². The molecule has 3 heterocycles. The number of fused-ring (bicyclic) bond motifs is 2. The summed E-state index contributed by atoms with van der Waals surface area (Å²) < 4.78 is 5.49. The Morgan fingerprint density at radius 2 is 1.75 bits per heavy atom. The van der Waals surface area contributed by atoms with E-state index in [-0.39, 0.29) is 12.3 Å². The van der Waals surface area contributed by atoms with E-state index in [4.69, 9.17) is 9.51 Å². The average Bonchev–Trinajstić information content (AvgIpc) is 3.17. The quantitative estimate of drug-likeness (QED) is 0.481. The standard InChI is InChI=1S/C26H28N4O2/c1-16-12-19(4)25-21(28-32-22(25)13-16)15-24(31)30-10-8-29(9-11-30)23-14-18(3)20-7-5-6-17(2)26(20)27-23/h5-7,12-14H,8-11,15H2,1-4H3. The number of carbonyl (C=O) groups is 1. The maximum atomic E-state index is 13.0. The number of pyridine rings is 1. The predicted molar refractivity (Wildman–Crippen MR) is 127 cm³/mol. The van der Waals surface area contributed by atoms with Gasteiger partial charge in [0.05, 0.1) is 11.9 Å². The second-order valence-electron chi connectivity index (χ2n) is 8.90. The molecule has 1 fully saturated rings. The van der Waals surface area contributed by atoms with Gasteiger partial charge in [-0.2, -0.15) is 0 Å². The molecule has 4 aromatic rings. The summed E-state index contributed by atoms with van der Waals surface area (Å²) in [4.78, 5) is 22.2. The molecule has 2 aromatic heterocycles. The van der Waals surface area contributed by atoms with Gasteiger partial charge in [-0.1, -0.05) is 29.4 Å². The van der Waals surface area contributed by atoms with Crippen LogP contribution in [0.25, 0.3) is 21.9 Å². The zero-order valence-electron chi connectivity index (χ0n) is 19.1. The fraction of sp³-hybridized carbons (Fsp3) is 0.346. The number of benzene rings is 2. The largest absolute Gasteiger partial charge is 0.356 e. The van der Waals surface area contributed by atoms with Gasteiger partial charge in [0.1, 0.15) is 11.5 Å². The van der Waals surface area contributed by atoms with Crippen molar-refractivity contribution < 1.29 is 9.32 Å². The van der Waals surface area contributed by atoms with Crippen LogP contribution in [-0.4, -0.2) is 47.1 Å². The lowest BCUT2D eigenvalue weighted by Gasteiger charge is -2.35. The van der Waals surface area contributed by atoms with E-state index >= 15 is 0 Å². The highest BCUT2D eigenvalue weighted by atomic mass is 16.5. The Hall–Kier alpha value is -3.41. The Balaban J connectivity index is 1.29. The van der Waals surface area contributed by atoms with Crippen molar-refractivity contribution >= 4 is 33.6 Å². The third-order valence-electron chi connectivity index (χ3n) is 6.50. The molecule has 0 N–H and O–H groups in total. The molecule has 0 atom stereocenters. The Kier molecular flexibility index (Phi) is 5.08. The van der Waals surface area contributed by atoms with E-state index in [1.54, 1.807) is 0 Å². The van der Waals surface area contributed by atoms with E-state index in [9.17, 15) is 4.79 Å². The van der Waals surface area contributed by atoms with Gasteiger partial charge in [-0.05, 0) is 62.1 Å². The summed E-state index contributed by atoms with van der Waals surface area (Å²) in [6.07, 6.45) is 0.267. The molecule has 6 nitrogen and oxygen atoms in total. The van der Waals surface area contributed by atoms with Crippen molar-refractivity contribution in [2.24, 2.45) is 0 Å². The average molecular weight is 429 g/mol. The molecule has 1 aliphatic heterocycles. The lowest BCUT2D eigenvalue weighted by molar-refractivity contribution is -0.130. The minimum atomic E-state index is 0.0957. The topological polar surface area (TPSA) is 62.5 Å². The minimum absolute atomic E-state index is 0.0957. The van der Waals surface area contributed by atoms with Crippen LogP contribution in [0.1, 0.15) is 27.9 Å². The van der Waals surface area contributed by atoms with E-state index in [0.717, 1.165) is 52.2 Å². The number of para-hydroxylation sites is 1. The van der Waals surface area contributed by atoms with Gasteiger partial charge < -0.3 is 14.3 Å². The van der Waals surface area contributed by atoms with Gasteiger partial charge in [0.15, 0.2) is 5.58 Å². The summed E-state index contributed by atoms with van der Waals surface area (Å²) in [5, 5.41) is 6.37. The first-order valence-corrected chi connectivity index (χ1v) is 11.2. The molecule has 0 radical (unpaired) electrons. The monoisotopic (exact) mass is 428 g/mol. The third-order valence-corrected chi connectivity index (χ3v) is 6.50. The van der Waals surface area contributed by atoms with Crippen LogP contribution >= 0.6 is 0 Å². The number of aromatic nitrogens is 2. The van der Waals surface area contributed by atoms with Gasteiger partial charge in [0, 0.05) is 37.0 Å². The van der Waals surface area contributed by atoms with Gasteiger partial charge in [-0.3, -0.25) is 4.79 Å². The minimum Gasteiger partial charge on any atom is -0.356 e. The van der Waals surface area contributed by atoms with Crippen molar-refractivity contribution in [3.8, 4) is 0 Å². The lowest BCUT2D eigenvalue weighted by Crippen LogP contribution is -2.49. The number of hydrogen-bond acceptors (Lipinski definition) is 5. The fourth-order valence-electron chi connectivity index (χ4n) is 4.79. The molecule has 1 aliphatic rings. The fourth-order valence-corrected chi connectivity index (χ4v) is 4.79. The Morgan fingerprint density at radius 3 is 2.53 bits per heavy atom. The van der Waals surface area contributed by atoms with Crippen molar-refractivity contribution in [1.82, 2.24) is 15.0 Å². The summed E-state index contributed by atoms with van der Waals surface area (Å²) >= 11 is 0. The normalized spacial score (nSPS) is 14.5. The number of carbonyl (C=O) groups excluding carboxylic acids is 1. The molecule has 0 aliphatic carbocycles. The van der Waals surface area contributed by atoms with Crippen LogP contribution in [0.5, 0.6) is 0 Å². The molecule has 0 unspecified atom stereocenters. The number of rotatable bonds is 3. The molecule has 164 valence electrons. The Morgan fingerprint density at radius 1 is 0.969 bits per heavy atom. The summed E-state index contributed by atoms with van der Waals surface area (Å²) in [6, 6.07) is 12.5. The number of anilines is 1. The van der Waals surface area contributed by atoms with Crippen molar-refractivity contribution in [2.45, 2.75) is 34.1 Å². The third kappa shape index (κ3) is 3.60. The Labute approximate surface area is 187 Å². The molecule has 32 heavy (non-hydrogen) atoms. The first kappa shape index (κ1) is 20.5. The first-order chi connectivity index (χ1) is 15.4. The zero-order chi connectivity index (χ0) is 22.4. The van der Waals surface area contributed by atoms with E-state index in [0.29, 0.717) is 13.1 Å². The van der Waals surface area contributed by atoms with Crippen LogP contribution in [0.2, 0.25) is 0 Å². The van der Waals surface area contributed by atoms with Gasteiger partial charge >= 0.3 is 0 Å². The molecule has 6 heteroatoms. The molecule has 0 saturated carbocycles. The second-order valence-corrected chi connectivity index (χ2v) is 8.90. The van der Waals surface area contributed by atoms with E-state index in [2.05, 4.69) is 54.2 Å². The molecule has 1 amide bonds. The van der Waals surface area contributed by atoms with Crippen LogP contribution in [-0.2, 0) is 11.2 Å². The van der Waals surface area contributed by atoms with Gasteiger partial charge in [0.25, 0.3) is 0 Å². The highest BCUT2D eigenvalue weighted by Crippen LogP contribution is 2.27. The summed E-state index contributed by atoms with van der Waals surface area (Å²) in [6.45, 7) is 11.2. The molecular weight excluding hydrogens is 400 g/mol. The maximum Gasteiger partial charge on any atom is 0.228 e. The SMILES string of the molecule is Cc1cc(C)c2c(CC(=O)N3CCN(c4cc(C)c5cccc(C)c5n4)CC3)noc2c1. The van der Waals surface area contributed by atoms with E-state index < -0.39 is 0 Å². The highest BCUT2D eigenvalue weighted by Gasteiger charge is 2.24. The van der Waals surface area contributed by atoms with Gasteiger partial charge in [0.2, 0.25) is 5.91 Å². The van der Waals surface area contributed by atoms with Crippen LogP contribution in [0.15, 0.2) is 40.9 Å². The molecule has 0 spiro atoms. The molecule has 1 saturated heterocycles. The van der Waals surface area contributed by atoms with Crippen LogP contribution in [0.3, 0.4) is 0 Å². The van der Waals surface area contributed by atoms with E-state index in [1.807, 2.05) is 24.8 Å². The molecule has 5 rings (SSSR count). The van der Waals surface area contributed by atoms with Crippen molar-refractivity contribution in [3.05, 3.63) is 64.3 Å². The first-order valence-electron chi connectivity index (χ1n) is 11.2. The van der Waals surface area contributed by atoms with Crippen LogP contribution in [0.4, 0.5) is 5.82 Å². The zero-order valence-corrected chi connectivity index (χ0v) is 19.1. The molecule has 2 aromatic carbocycles. The number of nitrogens with zero attached hydrogens (tertiary/aromatic N) is 4. The number of aryl methyl sites for hydroxylation is 4. The summed E-state index contributed by atoms with van der Waals surface area (Å²) in [7, 11) is 0. The summed E-state index contributed by atoms with van der Waals surface area (Å²) in [5.74, 6) is 1.09. The van der Waals surface area contributed by atoms with Crippen LogP contribution in [0, 0.1) is 27.7 Å². The van der Waals surface area contributed by atoms with Crippen molar-refractivity contribution in [1.29, 1.82) is 0 Å². The highest BCUT2D eigenvalue weighted by molar-refractivity contribution is 5.89. The maximum absolute atomic E-state index is 13.0. The predicted octanol–water partition coefficient (Wildman–Crippen LogP) is 4.50. The summed E-state index contributed by atoms with van der Waals surface area (Å²) in [5.41, 5.74) is 7.19. The number of piperazine rings is 1. The molecular formula is C26H28N4O2. The smallest absolute Gasteiger partial charge is 0.228 e. The van der Waals surface area contributed by atoms with Gasteiger partial charge in [-0.25, -0.2) is 4.98 Å². The van der Waals surface area contributed by atoms with E-state index in [1.165, 1.54) is 16.5 Å². The second kappa shape index (κ2) is 7.93. The Bertz CT molecular complexity index is 1330. The number of amides is 1. The number of hydrogen-bond donors (Lipinski definition) is 0. The lowest BCUT2D eigenvalue weighted by atomic mass is 10.0. The van der Waals surface area contributed by atoms with Gasteiger partial charge in [-0.15, -0.1) is 0 Å². The molecule has 0 bridgehead atoms. The van der Waals surface area contributed by atoms with Crippen LogP contribution < -0.4 is 4.90 Å². The van der Waals surface area contributed by atoms with Crippen molar-refractivity contribution in [2.75, 3.05) is 31.1 Å².